The molecule has 2 atom stereocenters. The number of anilines is 2. The van der Waals surface area contributed by atoms with Crippen LogP contribution in [0.5, 0.6) is 0 Å². The molecular weight excluding hydrogens is 402 g/mol. The number of nitrogens with zero attached hydrogens (tertiary/aromatic N) is 6. The number of rotatable bonds is 8. The largest absolute Gasteiger partial charge is 0.364 e. The molecule has 30 heavy (non-hydrogen) atoms. The Morgan fingerprint density at radius 2 is 2.13 bits per heavy atom. The van der Waals surface area contributed by atoms with Crippen molar-refractivity contribution in [2.24, 2.45) is 5.92 Å². The van der Waals surface area contributed by atoms with Crippen molar-refractivity contribution in [1.29, 1.82) is 0 Å². The second kappa shape index (κ2) is 9.68. The molecule has 3 aromatic rings. The van der Waals surface area contributed by atoms with E-state index < -0.39 is 6.10 Å². The highest BCUT2D eigenvalue weighted by atomic mass is 32.1. The maximum Gasteiger partial charge on any atom is 0.259 e. The van der Waals surface area contributed by atoms with E-state index in [0.717, 1.165) is 36.5 Å². The summed E-state index contributed by atoms with van der Waals surface area (Å²) in [7, 11) is 0. The second-order valence-electron chi connectivity index (χ2n) is 6.98. The summed E-state index contributed by atoms with van der Waals surface area (Å²) in [6.45, 7) is 4.06. The zero-order valence-electron chi connectivity index (χ0n) is 16.6. The van der Waals surface area contributed by atoms with Crippen LogP contribution in [0.15, 0.2) is 42.7 Å². The minimum Gasteiger partial charge on any atom is -0.364 e. The molecule has 0 saturated carbocycles. The van der Waals surface area contributed by atoms with Crippen LogP contribution < -0.4 is 10.2 Å². The monoisotopic (exact) mass is 425 g/mol. The number of hydrogen-bond acceptors (Lipinski definition) is 9. The molecule has 10 heteroatoms. The molecule has 0 bridgehead atoms. The van der Waals surface area contributed by atoms with Gasteiger partial charge in [-0.2, -0.15) is 5.10 Å². The van der Waals surface area contributed by atoms with Crippen LogP contribution in [0.2, 0.25) is 0 Å². The summed E-state index contributed by atoms with van der Waals surface area (Å²) in [4.78, 5) is 19.1. The van der Waals surface area contributed by atoms with Crippen molar-refractivity contribution in [2.75, 3.05) is 29.9 Å². The summed E-state index contributed by atoms with van der Waals surface area (Å²) in [6.07, 6.45) is 4.38. The Morgan fingerprint density at radius 1 is 1.27 bits per heavy atom. The Kier molecular flexibility index (Phi) is 6.55. The average Bonchev–Trinajstić information content (AvgIpc) is 3.43. The molecule has 0 spiro atoms. The molecule has 4 rings (SSSR count). The van der Waals surface area contributed by atoms with Gasteiger partial charge in [-0.05, 0) is 24.8 Å². The number of amides is 1. The summed E-state index contributed by atoms with van der Waals surface area (Å²) in [5.41, 5.74) is 0.810. The minimum atomic E-state index is -0.675. The van der Waals surface area contributed by atoms with Gasteiger partial charge < -0.3 is 9.64 Å². The van der Waals surface area contributed by atoms with Crippen molar-refractivity contribution < 1.29 is 9.53 Å². The van der Waals surface area contributed by atoms with Gasteiger partial charge >= 0.3 is 0 Å². The van der Waals surface area contributed by atoms with E-state index in [1.807, 2.05) is 37.3 Å². The van der Waals surface area contributed by atoms with Crippen LogP contribution in [0.1, 0.15) is 30.0 Å². The van der Waals surface area contributed by atoms with Crippen LogP contribution in [0.25, 0.3) is 0 Å². The van der Waals surface area contributed by atoms with E-state index in [9.17, 15) is 4.79 Å². The third-order valence-electron chi connectivity index (χ3n) is 4.87. The fourth-order valence-corrected chi connectivity index (χ4v) is 4.35. The number of nitrogens with one attached hydrogen (secondary N) is 1. The van der Waals surface area contributed by atoms with Crippen molar-refractivity contribution >= 4 is 28.3 Å². The first-order valence-corrected chi connectivity index (χ1v) is 10.7. The van der Waals surface area contributed by atoms with Crippen molar-refractivity contribution in [1.82, 2.24) is 25.4 Å². The number of benzene rings is 1. The van der Waals surface area contributed by atoms with E-state index in [1.165, 1.54) is 11.3 Å². The van der Waals surface area contributed by atoms with Gasteiger partial charge in [0.1, 0.15) is 5.01 Å². The molecule has 1 aliphatic rings. The molecule has 1 saturated heterocycles. The van der Waals surface area contributed by atoms with Crippen molar-refractivity contribution in [3.63, 3.8) is 0 Å². The summed E-state index contributed by atoms with van der Waals surface area (Å²) in [5, 5.41) is 20.6. The third-order valence-corrected chi connectivity index (χ3v) is 5.73. The Morgan fingerprint density at radius 3 is 2.90 bits per heavy atom. The van der Waals surface area contributed by atoms with Crippen LogP contribution in [-0.4, -0.2) is 51.0 Å². The van der Waals surface area contributed by atoms with Gasteiger partial charge in [0, 0.05) is 26.1 Å². The first-order chi connectivity index (χ1) is 14.7. The third kappa shape index (κ3) is 4.95. The predicted molar refractivity (Wildman–Crippen MR) is 113 cm³/mol. The highest BCUT2D eigenvalue weighted by Gasteiger charge is 2.26. The number of aromatic nitrogens is 5. The number of carbonyl (C=O) groups is 1. The van der Waals surface area contributed by atoms with Crippen molar-refractivity contribution in [3.8, 4) is 0 Å². The molecule has 156 valence electrons. The van der Waals surface area contributed by atoms with Gasteiger partial charge in [-0.15, -0.1) is 15.3 Å². The summed E-state index contributed by atoms with van der Waals surface area (Å²) >= 11 is 1.40. The van der Waals surface area contributed by atoms with Crippen LogP contribution in [0.4, 0.5) is 11.1 Å². The fraction of sp³-hybridized carbons (Fsp3) is 0.400. The maximum absolute atomic E-state index is 12.7. The molecule has 1 N–H and O–H groups in total. The lowest BCUT2D eigenvalue weighted by atomic mass is 10.1. The number of carbonyl (C=O) groups excluding carboxylic acids is 1. The standard InChI is InChI=1S/C20H23N7O2S/c1-2-29-17(15-6-4-3-5-7-15)18(28)23-20-26-24-16(30-20)12-14-8-11-27(13-14)19-21-9-10-22-25-19/h3-7,9-10,14,17H,2,8,11-13H2,1H3,(H,23,26,28)/t14-,17-/m0/s1. The summed E-state index contributed by atoms with van der Waals surface area (Å²) < 4.78 is 5.65. The van der Waals surface area contributed by atoms with Crippen LogP contribution >= 0.6 is 11.3 Å². The van der Waals surface area contributed by atoms with E-state index in [0.29, 0.717) is 23.6 Å². The Labute approximate surface area is 178 Å². The molecule has 2 aromatic heterocycles. The summed E-state index contributed by atoms with van der Waals surface area (Å²) in [6, 6.07) is 9.44. The van der Waals surface area contributed by atoms with Gasteiger partial charge in [-0.3, -0.25) is 10.1 Å². The van der Waals surface area contributed by atoms with Crippen LogP contribution in [-0.2, 0) is 16.0 Å². The molecule has 1 aliphatic heterocycles. The van der Waals surface area contributed by atoms with Gasteiger partial charge in [-0.1, -0.05) is 41.7 Å². The molecule has 9 nitrogen and oxygen atoms in total. The van der Waals surface area contributed by atoms with E-state index >= 15 is 0 Å². The van der Waals surface area contributed by atoms with Gasteiger partial charge in [-0.25, -0.2) is 4.98 Å². The molecule has 1 fully saturated rings. The lowest BCUT2D eigenvalue weighted by Gasteiger charge is -2.16. The number of hydrogen-bond donors (Lipinski definition) is 1. The first kappa shape index (κ1) is 20.3. The van der Waals surface area contributed by atoms with Gasteiger partial charge in [0.25, 0.3) is 5.91 Å². The predicted octanol–water partition coefficient (Wildman–Crippen LogP) is 2.51. The molecule has 1 amide bonds. The normalized spacial score (nSPS) is 17.1. The topological polar surface area (TPSA) is 106 Å². The van der Waals surface area contributed by atoms with Gasteiger partial charge in [0.15, 0.2) is 6.10 Å². The molecule has 1 aromatic carbocycles. The molecule has 3 heterocycles. The second-order valence-corrected chi connectivity index (χ2v) is 8.05. The highest BCUT2D eigenvalue weighted by Crippen LogP contribution is 2.27. The Bertz CT molecular complexity index is 954. The van der Waals surface area contributed by atoms with Crippen LogP contribution in [0.3, 0.4) is 0 Å². The quantitative estimate of drug-likeness (QED) is 0.587. The molecule has 0 unspecified atom stereocenters. The zero-order valence-corrected chi connectivity index (χ0v) is 17.5. The maximum atomic E-state index is 12.7. The smallest absolute Gasteiger partial charge is 0.259 e. The van der Waals surface area contributed by atoms with E-state index in [4.69, 9.17) is 4.74 Å². The van der Waals surface area contributed by atoms with Crippen LogP contribution in [0, 0.1) is 5.92 Å². The highest BCUT2D eigenvalue weighted by molar-refractivity contribution is 7.15. The lowest BCUT2D eigenvalue weighted by molar-refractivity contribution is -0.127. The molecule has 0 aliphatic carbocycles. The lowest BCUT2D eigenvalue weighted by Crippen LogP contribution is -2.23. The van der Waals surface area contributed by atoms with E-state index in [2.05, 4.69) is 35.6 Å². The average molecular weight is 426 g/mol. The van der Waals surface area contributed by atoms with Crippen molar-refractivity contribution in [3.05, 3.63) is 53.3 Å². The Balaban J connectivity index is 1.34. The van der Waals surface area contributed by atoms with Crippen molar-refractivity contribution in [2.45, 2.75) is 25.9 Å². The number of ether oxygens (including phenoxy) is 1. The van der Waals surface area contributed by atoms with Gasteiger partial charge in [0.05, 0.1) is 12.4 Å². The Hall–Kier alpha value is -2.98. The molecular formula is C20H23N7O2S. The molecule has 0 radical (unpaired) electrons. The minimum absolute atomic E-state index is 0.244. The first-order valence-electron chi connectivity index (χ1n) is 9.91. The summed E-state index contributed by atoms with van der Waals surface area (Å²) in [5.74, 6) is 0.852. The zero-order chi connectivity index (χ0) is 20.8. The fourth-order valence-electron chi connectivity index (χ4n) is 3.49. The van der Waals surface area contributed by atoms with E-state index in [-0.39, 0.29) is 5.91 Å². The van der Waals surface area contributed by atoms with E-state index in [1.54, 1.807) is 12.4 Å². The van der Waals surface area contributed by atoms with Gasteiger partial charge in [0.2, 0.25) is 11.1 Å². The SMILES string of the molecule is CCO[C@H](C(=O)Nc1nnc(C[C@@H]2CCN(c3nccnn3)C2)s1)c1ccccc1.